The molecule has 0 saturated carbocycles. The van der Waals surface area contributed by atoms with Crippen molar-refractivity contribution in [1.82, 2.24) is 0 Å². The Kier molecular flexibility index (Phi) is 3.86. The Morgan fingerprint density at radius 2 is 2.11 bits per heavy atom. The average Bonchev–Trinajstić information content (AvgIpc) is 2.60. The molecule has 0 radical (unpaired) electrons. The van der Waals surface area contributed by atoms with Crippen molar-refractivity contribution in [3.8, 4) is 0 Å². The first kappa shape index (κ1) is 14.0. The number of benzene rings is 1. The van der Waals surface area contributed by atoms with Crippen molar-refractivity contribution in [2.24, 2.45) is 5.14 Å². The molecular weight excluding hydrogens is 391 g/mol. The molecule has 1 heterocycles. The number of carbonyl (C=O) groups excluding carboxylic acids is 1. The van der Waals surface area contributed by atoms with E-state index in [0.29, 0.717) is 10.7 Å². The summed E-state index contributed by atoms with van der Waals surface area (Å²) in [7, 11) is -3.69. The van der Waals surface area contributed by atoms with Crippen LogP contribution in [0.3, 0.4) is 0 Å². The van der Waals surface area contributed by atoms with Gasteiger partial charge in [0.2, 0.25) is 15.9 Å². The number of carbonyl (C=O) groups is 1. The Bertz CT molecular complexity index is 605. The predicted octanol–water partition coefficient (Wildman–Crippen LogP) is 1.34. The number of anilines is 1. The summed E-state index contributed by atoms with van der Waals surface area (Å²) < 4.78 is 23.3. The summed E-state index contributed by atoms with van der Waals surface area (Å²) in [5.41, 5.74) is 0.663. The van der Waals surface area contributed by atoms with E-state index in [0.717, 1.165) is 3.57 Å². The molecule has 0 aliphatic carbocycles. The quantitative estimate of drug-likeness (QED) is 0.761. The minimum atomic E-state index is -3.69. The van der Waals surface area contributed by atoms with Crippen molar-refractivity contribution in [2.45, 2.75) is 11.7 Å². The number of primary sulfonamides is 1. The lowest BCUT2D eigenvalue weighted by Gasteiger charge is -2.18. The van der Waals surface area contributed by atoms with Crippen LogP contribution in [0.4, 0.5) is 5.69 Å². The summed E-state index contributed by atoms with van der Waals surface area (Å²) in [5.74, 6) is -0.241. The highest BCUT2D eigenvalue weighted by Gasteiger charge is 2.37. The van der Waals surface area contributed by atoms with Crippen molar-refractivity contribution in [1.29, 1.82) is 0 Å². The Labute approximate surface area is 123 Å². The second-order valence-electron chi connectivity index (χ2n) is 4.02. The molecule has 0 spiro atoms. The van der Waals surface area contributed by atoms with Gasteiger partial charge in [0.25, 0.3) is 0 Å². The van der Waals surface area contributed by atoms with Gasteiger partial charge in [-0.25, -0.2) is 13.6 Å². The van der Waals surface area contributed by atoms with Crippen LogP contribution in [0.1, 0.15) is 6.42 Å². The number of amides is 1. The van der Waals surface area contributed by atoms with E-state index in [1.54, 1.807) is 18.2 Å². The smallest absolute Gasteiger partial charge is 0.228 e. The van der Waals surface area contributed by atoms with Gasteiger partial charge in [0.1, 0.15) is 5.25 Å². The summed E-state index contributed by atoms with van der Waals surface area (Å²) in [4.78, 5) is 13.3. The minimum Gasteiger partial charge on any atom is -0.310 e. The van der Waals surface area contributed by atoms with Crippen LogP contribution in [0.15, 0.2) is 18.2 Å². The fourth-order valence-electron chi connectivity index (χ4n) is 1.83. The van der Waals surface area contributed by atoms with E-state index in [2.05, 4.69) is 22.6 Å². The molecule has 0 bridgehead atoms. The molecule has 18 heavy (non-hydrogen) atoms. The van der Waals surface area contributed by atoms with Gasteiger partial charge >= 0.3 is 0 Å². The van der Waals surface area contributed by atoms with Crippen LogP contribution in [0.2, 0.25) is 5.02 Å². The maximum Gasteiger partial charge on any atom is 0.228 e. The summed E-state index contributed by atoms with van der Waals surface area (Å²) in [6, 6.07) is 5.08. The highest BCUT2D eigenvalue weighted by Crippen LogP contribution is 2.30. The molecule has 98 valence electrons. The van der Waals surface area contributed by atoms with Gasteiger partial charge in [-0.05, 0) is 40.8 Å². The molecule has 0 aromatic heterocycles. The fourth-order valence-corrected chi connectivity index (χ4v) is 3.72. The monoisotopic (exact) mass is 400 g/mol. The molecule has 1 unspecified atom stereocenters. The number of sulfonamides is 1. The van der Waals surface area contributed by atoms with Gasteiger partial charge in [-0.3, -0.25) is 4.79 Å². The molecule has 8 heteroatoms. The van der Waals surface area contributed by atoms with Crippen LogP contribution in [0, 0.1) is 3.57 Å². The lowest BCUT2D eigenvalue weighted by Crippen LogP contribution is -2.32. The van der Waals surface area contributed by atoms with E-state index in [-0.39, 0.29) is 18.9 Å². The first-order valence-corrected chi connectivity index (χ1v) is 8.12. The van der Waals surface area contributed by atoms with Crippen molar-refractivity contribution in [3.05, 3.63) is 26.8 Å². The zero-order valence-electron chi connectivity index (χ0n) is 9.14. The first-order chi connectivity index (χ1) is 8.29. The molecule has 5 nitrogen and oxygen atoms in total. The lowest BCUT2D eigenvalue weighted by molar-refractivity contribution is -0.117. The average molecular weight is 401 g/mol. The number of halogens is 2. The second-order valence-corrected chi connectivity index (χ2v) is 7.46. The van der Waals surface area contributed by atoms with Gasteiger partial charge in [-0.2, -0.15) is 0 Å². The maximum atomic E-state index is 11.8. The van der Waals surface area contributed by atoms with E-state index in [9.17, 15) is 13.2 Å². The van der Waals surface area contributed by atoms with Gasteiger partial charge in [-0.15, -0.1) is 0 Å². The number of nitrogens with zero attached hydrogens (tertiary/aromatic N) is 1. The molecule has 1 aromatic rings. The maximum absolute atomic E-state index is 11.8. The Balaban J connectivity index is 2.33. The van der Waals surface area contributed by atoms with Gasteiger partial charge in [0, 0.05) is 21.6 Å². The molecule has 1 atom stereocenters. The van der Waals surface area contributed by atoms with E-state index < -0.39 is 15.3 Å². The van der Waals surface area contributed by atoms with Crippen molar-refractivity contribution in [3.63, 3.8) is 0 Å². The molecule has 2 rings (SSSR count). The van der Waals surface area contributed by atoms with Gasteiger partial charge in [0.05, 0.1) is 5.69 Å². The standard InChI is InChI=1S/C10H10ClIN2O3S/c11-6-1-2-9(8(12)3-6)14-5-7(4-10(14)15)18(13,16)17/h1-3,7H,4-5H2,(H2,13,16,17). The van der Waals surface area contributed by atoms with E-state index in [1.807, 2.05) is 0 Å². The molecular formula is C10H10ClIN2O3S. The Morgan fingerprint density at radius 3 is 2.61 bits per heavy atom. The molecule has 1 saturated heterocycles. The normalized spacial score (nSPS) is 20.5. The van der Waals surface area contributed by atoms with Crippen molar-refractivity contribution in [2.75, 3.05) is 11.4 Å². The predicted molar refractivity (Wildman–Crippen MR) is 78.0 cm³/mol. The highest BCUT2D eigenvalue weighted by molar-refractivity contribution is 14.1. The Morgan fingerprint density at radius 1 is 1.44 bits per heavy atom. The molecule has 1 aromatic carbocycles. The lowest BCUT2D eigenvalue weighted by atomic mass is 10.3. The van der Waals surface area contributed by atoms with Gasteiger partial charge < -0.3 is 4.90 Å². The summed E-state index contributed by atoms with van der Waals surface area (Å²) in [6.45, 7) is 0.0926. The third-order valence-corrected chi connectivity index (χ3v) is 5.10. The van der Waals surface area contributed by atoms with Crippen molar-refractivity contribution < 1.29 is 13.2 Å². The molecule has 1 aliphatic heterocycles. The summed E-state index contributed by atoms with van der Waals surface area (Å²) in [5, 5.41) is 4.81. The van der Waals surface area contributed by atoms with E-state index >= 15 is 0 Å². The second kappa shape index (κ2) is 4.95. The van der Waals surface area contributed by atoms with Crippen LogP contribution in [-0.2, 0) is 14.8 Å². The van der Waals surface area contributed by atoms with Gasteiger partial charge in [0.15, 0.2) is 0 Å². The number of nitrogens with two attached hydrogens (primary N) is 1. The third-order valence-electron chi connectivity index (χ3n) is 2.75. The molecule has 1 aliphatic rings. The summed E-state index contributed by atoms with van der Waals surface area (Å²) in [6.07, 6.45) is -0.0719. The third kappa shape index (κ3) is 2.79. The topological polar surface area (TPSA) is 80.5 Å². The molecule has 2 N–H and O–H groups in total. The van der Waals surface area contributed by atoms with Crippen LogP contribution in [0.5, 0.6) is 0 Å². The van der Waals surface area contributed by atoms with Crippen molar-refractivity contribution >= 4 is 55.8 Å². The SMILES string of the molecule is NS(=O)(=O)C1CC(=O)N(c2ccc(Cl)cc2I)C1. The molecule has 1 amide bonds. The highest BCUT2D eigenvalue weighted by atomic mass is 127. The number of hydrogen-bond acceptors (Lipinski definition) is 3. The number of rotatable bonds is 2. The first-order valence-electron chi connectivity index (χ1n) is 5.06. The fraction of sp³-hybridized carbons (Fsp3) is 0.300. The van der Waals surface area contributed by atoms with Crippen LogP contribution in [0.25, 0.3) is 0 Å². The summed E-state index contributed by atoms with van der Waals surface area (Å²) >= 11 is 7.89. The van der Waals surface area contributed by atoms with Crippen LogP contribution in [-0.4, -0.2) is 26.1 Å². The zero-order valence-corrected chi connectivity index (χ0v) is 12.9. The van der Waals surface area contributed by atoms with Gasteiger partial charge in [-0.1, -0.05) is 11.6 Å². The largest absolute Gasteiger partial charge is 0.310 e. The van der Waals surface area contributed by atoms with E-state index in [4.69, 9.17) is 16.7 Å². The van der Waals surface area contributed by atoms with E-state index in [1.165, 1.54) is 4.90 Å². The number of hydrogen-bond donors (Lipinski definition) is 1. The molecule has 1 fully saturated rings. The minimum absolute atomic E-state index is 0.0719. The zero-order chi connectivity index (χ0) is 13.5. The van der Waals surface area contributed by atoms with Crippen LogP contribution < -0.4 is 10.0 Å². The van der Waals surface area contributed by atoms with Crippen LogP contribution >= 0.6 is 34.2 Å². The Hall–Kier alpha value is -0.380.